The van der Waals surface area contributed by atoms with E-state index in [0.29, 0.717) is 82.3 Å². The van der Waals surface area contributed by atoms with E-state index in [1.54, 1.807) is 87.5 Å². The first-order chi connectivity index (χ1) is 36.9. The van der Waals surface area contributed by atoms with Crippen LogP contribution in [0.5, 0.6) is 11.6 Å². The molecule has 22 nitrogen and oxygen atoms in total. The molecule has 0 saturated heterocycles. The molecule has 0 radical (unpaired) electrons. The number of thioether (sulfide) groups is 2. The zero-order valence-corrected chi connectivity index (χ0v) is 47.2. The summed E-state index contributed by atoms with van der Waals surface area (Å²) in [4.78, 5) is 5.75. The number of azo groups is 4. The van der Waals surface area contributed by atoms with Crippen molar-refractivity contribution in [1.82, 2.24) is 9.38 Å². The number of aromatic hydroxyl groups is 1. The maximum atomic E-state index is 11.6. The van der Waals surface area contributed by atoms with Crippen LogP contribution in [0, 0.1) is 45.9 Å². The van der Waals surface area contributed by atoms with Crippen LogP contribution < -0.4 is 4.74 Å². The van der Waals surface area contributed by atoms with Gasteiger partial charge in [-0.2, -0.15) is 51.0 Å². The molecular weight excluding hydrogens is 1130 g/mol. The van der Waals surface area contributed by atoms with Gasteiger partial charge in [0.15, 0.2) is 11.3 Å². The predicted octanol–water partition coefficient (Wildman–Crippen LogP) is 14.3. The van der Waals surface area contributed by atoms with E-state index in [2.05, 4.69) is 52.0 Å². The lowest BCUT2D eigenvalue weighted by Crippen LogP contribution is -2.08. The molecule has 7 rings (SSSR count). The van der Waals surface area contributed by atoms with Crippen molar-refractivity contribution in [3.05, 3.63) is 117 Å². The molecule has 7 aromatic rings. The number of nitriles is 1. The number of pyridine rings is 1. The minimum atomic E-state index is -4.31. The molecule has 0 aliphatic rings. The first-order valence-electron chi connectivity index (χ1n) is 23.5. The van der Waals surface area contributed by atoms with Gasteiger partial charge in [0.2, 0.25) is 5.88 Å². The summed E-state index contributed by atoms with van der Waals surface area (Å²) in [5, 5.41) is 58.3. The fraction of sp³-hybridized carbons (Fsp3) is 0.280. The minimum absolute atomic E-state index is 0.0202. The van der Waals surface area contributed by atoms with Crippen molar-refractivity contribution in [3.8, 4) is 17.7 Å². The van der Waals surface area contributed by atoms with Crippen LogP contribution >= 0.6 is 35.1 Å². The Labute approximate surface area is 463 Å². The van der Waals surface area contributed by atoms with Gasteiger partial charge in [-0.3, -0.25) is 18.1 Å². The molecule has 0 bridgehead atoms. The van der Waals surface area contributed by atoms with E-state index >= 15 is 0 Å². The number of nitrogens with zero attached hydrogens (tertiary/aromatic N) is 11. The molecule has 408 valence electrons. The Kier molecular flexibility index (Phi) is 19.2. The number of halogens is 1. The lowest BCUT2D eigenvalue weighted by Gasteiger charge is -2.12. The molecule has 0 spiro atoms. The van der Waals surface area contributed by atoms with Crippen molar-refractivity contribution in [1.29, 1.82) is 5.26 Å². The molecule has 2 aromatic heterocycles. The van der Waals surface area contributed by atoms with E-state index in [-0.39, 0.29) is 71.5 Å². The quantitative estimate of drug-likeness (QED) is 0.0200. The average molecular weight is 1180 g/mol. The summed E-state index contributed by atoms with van der Waals surface area (Å²) in [7, 11) is -12.8. The molecule has 0 aliphatic carbocycles. The number of aromatic nitrogens is 2. The molecule has 0 amide bonds. The number of aryl methyl sites for hydroxylation is 4. The predicted molar refractivity (Wildman–Crippen MR) is 300 cm³/mol. The van der Waals surface area contributed by atoms with Gasteiger partial charge in [0.25, 0.3) is 30.4 Å². The summed E-state index contributed by atoms with van der Waals surface area (Å²) in [6.07, 6.45) is 0.121. The second-order valence-corrected chi connectivity index (χ2v) is 25.0. The second kappa shape index (κ2) is 25.4. The van der Waals surface area contributed by atoms with Gasteiger partial charge in [0.1, 0.15) is 23.1 Å². The highest BCUT2D eigenvalue weighted by molar-refractivity contribution is 7.99. The van der Waals surface area contributed by atoms with Crippen molar-refractivity contribution >= 4 is 128 Å². The number of hydrogen-bond donors (Lipinski definition) is 4. The molecule has 4 N–H and O–H groups in total. The smallest absolute Gasteiger partial charge is 0.264 e. The minimum Gasteiger partial charge on any atom is -0.493 e. The van der Waals surface area contributed by atoms with Gasteiger partial charge in [-0.15, -0.1) is 44.0 Å². The van der Waals surface area contributed by atoms with Gasteiger partial charge >= 0.3 is 0 Å². The molecule has 0 fully saturated rings. The average Bonchev–Trinajstić information content (AvgIpc) is 3.80. The number of fused-ring (bicyclic) bond motifs is 3. The third kappa shape index (κ3) is 15.7. The maximum absolute atomic E-state index is 11.6. The van der Waals surface area contributed by atoms with Crippen LogP contribution in [0.15, 0.2) is 130 Å². The van der Waals surface area contributed by atoms with Crippen LogP contribution in [0.25, 0.3) is 16.7 Å². The number of rotatable bonds is 23. The Bertz CT molecular complexity index is 3960. The van der Waals surface area contributed by atoms with Crippen LogP contribution in [0.3, 0.4) is 0 Å². The van der Waals surface area contributed by atoms with Crippen molar-refractivity contribution in [2.45, 2.75) is 63.7 Å². The summed E-state index contributed by atoms with van der Waals surface area (Å²) in [6, 6.07) is 24.4. The van der Waals surface area contributed by atoms with Crippen molar-refractivity contribution in [2.24, 2.45) is 40.9 Å². The first-order valence-corrected chi connectivity index (χ1v) is 30.7. The van der Waals surface area contributed by atoms with Gasteiger partial charge in [-0.25, -0.2) is 4.98 Å². The highest BCUT2D eigenvalue weighted by Crippen LogP contribution is 2.44. The zero-order chi connectivity index (χ0) is 56.5. The Hall–Kier alpha value is -6.74. The second-order valence-electron chi connectivity index (χ2n) is 17.6. The van der Waals surface area contributed by atoms with E-state index in [1.807, 2.05) is 19.9 Å². The number of para-hydroxylation sites is 1. The summed E-state index contributed by atoms with van der Waals surface area (Å²) >= 11 is 8.55. The van der Waals surface area contributed by atoms with Crippen LogP contribution in [-0.4, -0.2) is 88.8 Å². The molecule has 78 heavy (non-hydrogen) atoms. The molecule has 5 aromatic carbocycles. The van der Waals surface area contributed by atoms with Crippen LogP contribution in [-0.2, 0) is 30.4 Å². The van der Waals surface area contributed by atoms with Gasteiger partial charge in [-0.1, -0.05) is 23.7 Å². The largest absolute Gasteiger partial charge is 0.493 e. The molecular formula is C50H50ClN11O11S5. The van der Waals surface area contributed by atoms with Crippen LogP contribution in [0.4, 0.5) is 45.5 Å². The number of benzene rings is 5. The summed E-state index contributed by atoms with van der Waals surface area (Å²) in [5.41, 5.74) is 7.15. The number of ether oxygens (including phenoxy) is 1. The Morgan fingerprint density at radius 1 is 0.615 bits per heavy atom. The monoisotopic (exact) mass is 1180 g/mol. The topological polar surface area (TPSA) is 333 Å². The summed E-state index contributed by atoms with van der Waals surface area (Å²) in [6.45, 7) is 8.58. The van der Waals surface area contributed by atoms with E-state index in [0.717, 1.165) is 5.56 Å². The summed E-state index contributed by atoms with van der Waals surface area (Å²) in [5.74, 6) is -1.23. The van der Waals surface area contributed by atoms with E-state index in [9.17, 15) is 49.3 Å². The Morgan fingerprint density at radius 3 is 1.64 bits per heavy atom. The fourth-order valence-electron chi connectivity index (χ4n) is 7.53. The van der Waals surface area contributed by atoms with Crippen LogP contribution in [0.2, 0.25) is 5.02 Å². The molecule has 2 heterocycles. The van der Waals surface area contributed by atoms with Crippen LogP contribution in [0.1, 0.15) is 52.6 Å². The lowest BCUT2D eigenvalue weighted by atomic mass is 10.1. The molecule has 28 heteroatoms. The number of hydrogen-bond acceptors (Lipinski definition) is 20. The molecule has 0 saturated carbocycles. The lowest BCUT2D eigenvalue weighted by molar-refractivity contribution is 0.317. The van der Waals surface area contributed by atoms with Crippen molar-refractivity contribution in [3.63, 3.8) is 0 Å². The van der Waals surface area contributed by atoms with Gasteiger partial charge < -0.3 is 9.84 Å². The molecule has 0 unspecified atom stereocenters. The van der Waals surface area contributed by atoms with Crippen molar-refractivity contribution < 1.29 is 48.8 Å². The third-order valence-electron chi connectivity index (χ3n) is 11.5. The van der Waals surface area contributed by atoms with Gasteiger partial charge in [0, 0.05) is 26.4 Å². The first kappa shape index (κ1) is 58.9. The zero-order valence-electron chi connectivity index (χ0n) is 42.4. The SMILES string of the molecule is Cc1cc(N=Nc2cc(SCCCS(=O)(=O)O)c(N=Nc3cc(OCCCS(=O)(=O)O)c(N=Nc4c(C)c(C#N)c5nc6c(C)cccc6n5c4O)cc3C)cc2C)c(SCCCS(=O)(=O)O)cc1N=Nc1ccc(Cl)cc1. The standard InChI is InChI=1S/C50H50ClN11O11S5/c1-29-10-6-11-43-47(29)53-49-36(28-52)33(5)48(50(63)62(43)49)61-58-40-22-30(2)37(25-44(40)73-16-7-19-76(64,65)66)56-59-41-24-32(4)39(27-46(41)75-18-9-21-78(70,71)72)57-60-42-23-31(3)38(55-54-35-14-12-34(51)13-15-35)26-45(42)74-17-8-20-77(67,68)69/h6,10-15,22-27,63H,7-9,16-21H2,1-5H3,(H,64,65,66)(H,67,68,69)(H,70,71,72). The number of imidazole rings is 1. The van der Waals surface area contributed by atoms with E-state index in [4.69, 9.17) is 16.3 Å². The van der Waals surface area contributed by atoms with Crippen molar-refractivity contribution in [2.75, 3.05) is 35.4 Å². The molecule has 0 atom stereocenters. The van der Waals surface area contributed by atoms with Gasteiger partial charge in [-0.05, 0) is 148 Å². The Balaban J connectivity index is 1.25. The maximum Gasteiger partial charge on any atom is 0.264 e. The van der Waals surface area contributed by atoms with Gasteiger partial charge in [0.05, 0.1) is 69.0 Å². The Morgan fingerprint density at radius 2 is 1.10 bits per heavy atom. The highest BCUT2D eigenvalue weighted by Gasteiger charge is 2.22. The molecule has 0 aliphatic heterocycles. The normalized spacial score (nSPS) is 12.6. The van der Waals surface area contributed by atoms with E-state index < -0.39 is 47.6 Å². The van der Waals surface area contributed by atoms with E-state index in [1.165, 1.54) is 34.0 Å². The summed E-state index contributed by atoms with van der Waals surface area (Å²) < 4.78 is 105. The third-order valence-corrected chi connectivity index (χ3v) is 16.4. The fourth-order valence-corrected chi connectivity index (χ4v) is 11.4. The highest BCUT2D eigenvalue weighted by atomic mass is 35.5.